The molecule has 2 N–H and O–H groups in total. The van der Waals surface area contributed by atoms with Gasteiger partial charge in [0.15, 0.2) is 0 Å². The summed E-state index contributed by atoms with van der Waals surface area (Å²) in [6.07, 6.45) is 1.73. The van der Waals surface area contributed by atoms with Gasteiger partial charge >= 0.3 is 5.97 Å². The van der Waals surface area contributed by atoms with Gasteiger partial charge in [-0.15, -0.1) is 0 Å². The van der Waals surface area contributed by atoms with E-state index in [0.29, 0.717) is 11.3 Å². The molecular formula is C7H8INO2. The summed E-state index contributed by atoms with van der Waals surface area (Å²) >= 11 is -0.0797. The molecule has 0 radical (unpaired) electrons. The molecule has 1 heterocycles. The topological polar surface area (TPSA) is 52.3 Å². The molecule has 0 aromatic rings. The predicted molar refractivity (Wildman–Crippen MR) is 52.5 cm³/mol. The number of ether oxygens (including phenoxy) is 1. The molecule has 0 aliphatic carbocycles. The fourth-order valence-electron chi connectivity index (χ4n) is 0.654. The smallest absolute Gasteiger partial charge is 0.339 e. The molecule has 0 saturated carbocycles. The third kappa shape index (κ3) is 1.89. The number of rotatable bonds is 1. The number of methoxy groups -OCH3 is 1. The third-order valence-electron chi connectivity index (χ3n) is 1.20. The van der Waals surface area contributed by atoms with Crippen LogP contribution in [0.5, 0.6) is 0 Å². The lowest BCUT2D eigenvalue weighted by atomic mass is 10.2. The molecule has 1 aliphatic rings. The number of carbonyl (C=O) groups excluding carboxylic acids is 1. The van der Waals surface area contributed by atoms with Crippen molar-refractivity contribution in [3.63, 3.8) is 0 Å². The summed E-state index contributed by atoms with van der Waals surface area (Å²) in [5.74, 6) is -0.362. The lowest BCUT2D eigenvalue weighted by Gasteiger charge is -2.04. The maximum absolute atomic E-state index is 11.0. The minimum Gasteiger partial charge on any atom is -0.465 e. The zero-order chi connectivity index (χ0) is 8.27. The Hall–Kier alpha value is -0.650. The average Bonchev–Trinajstić information content (AvgIpc) is 2.04. The molecule has 0 spiro atoms. The van der Waals surface area contributed by atoms with Crippen molar-refractivity contribution < 1.29 is 9.53 Å². The zero-order valence-electron chi connectivity index (χ0n) is 6.00. The van der Waals surface area contributed by atoms with Crippen molar-refractivity contribution in [1.82, 2.24) is 0 Å². The first-order valence-electron chi connectivity index (χ1n) is 2.95. The minimum atomic E-state index is -0.362. The molecule has 4 heteroatoms. The van der Waals surface area contributed by atoms with Gasteiger partial charge in [-0.05, 0) is 14.2 Å². The lowest BCUT2D eigenvalue weighted by molar-refractivity contribution is -0.135. The van der Waals surface area contributed by atoms with Crippen molar-refractivity contribution in [2.24, 2.45) is 5.73 Å². The van der Waals surface area contributed by atoms with Crippen molar-refractivity contribution in [3.05, 3.63) is 21.4 Å². The zero-order valence-corrected chi connectivity index (χ0v) is 8.16. The molecule has 11 heavy (non-hydrogen) atoms. The van der Waals surface area contributed by atoms with Crippen LogP contribution in [0.4, 0.5) is 0 Å². The molecule has 0 bridgehead atoms. The standard InChI is InChI=1S/C7H8INO2/c1-11-7(10)5-2-3-8-4-6(5)9/h2-4H,9H2,1H3. The van der Waals surface area contributed by atoms with E-state index in [1.165, 1.54) is 7.11 Å². The van der Waals surface area contributed by atoms with Crippen molar-refractivity contribution in [1.29, 1.82) is 0 Å². The molecule has 1 aliphatic heterocycles. The number of carbonyl (C=O) groups is 1. The lowest BCUT2D eigenvalue weighted by Crippen LogP contribution is -2.12. The van der Waals surface area contributed by atoms with Crippen LogP contribution >= 0.6 is 20.7 Å². The van der Waals surface area contributed by atoms with Gasteiger partial charge in [-0.3, -0.25) is 0 Å². The maximum atomic E-state index is 11.0. The Bertz CT molecular complexity index is 266. The number of halogens is 1. The van der Waals surface area contributed by atoms with Gasteiger partial charge in [0, 0.05) is 0 Å². The van der Waals surface area contributed by atoms with Gasteiger partial charge in [0.2, 0.25) is 0 Å². The highest BCUT2D eigenvalue weighted by Crippen LogP contribution is 2.13. The van der Waals surface area contributed by atoms with E-state index in [2.05, 4.69) is 4.74 Å². The van der Waals surface area contributed by atoms with Gasteiger partial charge in [-0.25, -0.2) is 4.79 Å². The van der Waals surface area contributed by atoms with Crippen molar-refractivity contribution in [2.75, 3.05) is 7.11 Å². The first kappa shape index (κ1) is 8.45. The van der Waals surface area contributed by atoms with E-state index in [1.54, 1.807) is 6.08 Å². The summed E-state index contributed by atoms with van der Waals surface area (Å²) in [6.45, 7) is 0. The van der Waals surface area contributed by atoms with Crippen molar-refractivity contribution in [3.8, 4) is 0 Å². The second kappa shape index (κ2) is 3.66. The summed E-state index contributed by atoms with van der Waals surface area (Å²) < 4.78 is 8.39. The first-order valence-corrected chi connectivity index (χ1v) is 5.44. The fraction of sp³-hybridized carbons (Fsp3) is 0.143. The second-order valence-corrected chi connectivity index (χ2v) is 3.95. The molecule has 0 fully saturated rings. The van der Waals surface area contributed by atoms with E-state index in [1.807, 2.05) is 8.09 Å². The Morgan fingerprint density at radius 1 is 1.73 bits per heavy atom. The summed E-state index contributed by atoms with van der Waals surface area (Å²) in [6, 6.07) is 0. The highest BCUT2D eigenvalue weighted by molar-refractivity contribution is 14.2. The minimum absolute atomic E-state index is 0.0797. The molecule has 0 saturated heterocycles. The van der Waals surface area contributed by atoms with Gasteiger partial charge in [-0.2, -0.15) is 0 Å². The second-order valence-electron chi connectivity index (χ2n) is 1.89. The summed E-state index contributed by atoms with van der Waals surface area (Å²) in [5.41, 5.74) is 6.57. The summed E-state index contributed by atoms with van der Waals surface area (Å²) in [5, 5.41) is 0. The van der Waals surface area contributed by atoms with Crippen LogP contribution in [0.25, 0.3) is 0 Å². The van der Waals surface area contributed by atoms with Gasteiger partial charge in [0.25, 0.3) is 0 Å². The van der Waals surface area contributed by atoms with Crippen LogP contribution in [0.15, 0.2) is 21.4 Å². The Morgan fingerprint density at radius 3 is 3.00 bits per heavy atom. The Balaban J connectivity index is 2.95. The Morgan fingerprint density at radius 2 is 2.45 bits per heavy atom. The molecule has 0 aromatic carbocycles. The SMILES string of the molecule is COC(=O)C1=C(N)C=IC=C1. The average molecular weight is 265 g/mol. The molecule has 0 aromatic heterocycles. The molecule has 0 atom stereocenters. The third-order valence-corrected chi connectivity index (χ3v) is 3.00. The Kier molecular flexibility index (Phi) is 2.81. The van der Waals surface area contributed by atoms with E-state index in [-0.39, 0.29) is 26.7 Å². The Labute approximate surface area is 74.7 Å². The normalized spacial score (nSPS) is 16.1. The molecule has 60 valence electrons. The molecule has 3 nitrogen and oxygen atoms in total. The van der Waals surface area contributed by atoms with E-state index in [4.69, 9.17) is 5.73 Å². The number of hydrogen-bond donors (Lipinski definition) is 1. The number of nitrogens with two attached hydrogens (primary N) is 1. The number of hydrogen-bond acceptors (Lipinski definition) is 3. The van der Waals surface area contributed by atoms with E-state index >= 15 is 0 Å². The van der Waals surface area contributed by atoms with Crippen LogP contribution in [-0.4, -0.2) is 17.1 Å². The van der Waals surface area contributed by atoms with Crippen LogP contribution in [0.2, 0.25) is 0 Å². The van der Waals surface area contributed by atoms with E-state index < -0.39 is 0 Å². The number of esters is 1. The highest BCUT2D eigenvalue weighted by atomic mass is 127. The van der Waals surface area contributed by atoms with Crippen LogP contribution in [0.3, 0.4) is 0 Å². The van der Waals surface area contributed by atoms with Gasteiger partial charge in [-0.1, -0.05) is 20.7 Å². The van der Waals surface area contributed by atoms with E-state index in [0.717, 1.165) is 0 Å². The van der Waals surface area contributed by atoms with Gasteiger partial charge < -0.3 is 10.5 Å². The van der Waals surface area contributed by atoms with Crippen LogP contribution in [0.1, 0.15) is 0 Å². The fourth-order valence-corrected chi connectivity index (χ4v) is 2.15. The van der Waals surface area contributed by atoms with E-state index in [9.17, 15) is 4.79 Å². The molecule has 0 unspecified atom stereocenters. The van der Waals surface area contributed by atoms with Crippen LogP contribution in [-0.2, 0) is 9.53 Å². The van der Waals surface area contributed by atoms with Crippen molar-refractivity contribution in [2.45, 2.75) is 0 Å². The highest BCUT2D eigenvalue weighted by Gasteiger charge is 2.10. The molecule has 0 amide bonds. The van der Waals surface area contributed by atoms with Crippen LogP contribution < -0.4 is 5.73 Å². The quantitative estimate of drug-likeness (QED) is 0.560. The number of allylic oxidation sites excluding steroid dienone is 1. The van der Waals surface area contributed by atoms with Gasteiger partial charge in [0.05, 0.1) is 18.4 Å². The monoisotopic (exact) mass is 265 g/mol. The predicted octanol–water partition coefficient (Wildman–Crippen LogP) is 0.672. The summed E-state index contributed by atoms with van der Waals surface area (Å²) in [7, 11) is 1.35. The summed E-state index contributed by atoms with van der Waals surface area (Å²) in [4.78, 5) is 11.0. The molecule has 1 rings (SSSR count). The van der Waals surface area contributed by atoms with Gasteiger partial charge in [0.1, 0.15) is 0 Å². The largest absolute Gasteiger partial charge is 0.465 e. The van der Waals surface area contributed by atoms with Crippen LogP contribution in [0, 0.1) is 0 Å². The van der Waals surface area contributed by atoms with Crippen molar-refractivity contribution >= 4 is 30.7 Å². The first-order chi connectivity index (χ1) is 5.25. The maximum Gasteiger partial charge on any atom is 0.339 e. The molecular weight excluding hydrogens is 257 g/mol.